The molecule has 28 heavy (non-hydrogen) atoms. The fourth-order valence-corrected chi connectivity index (χ4v) is 6.58. The maximum atomic E-state index is 10.5. The summed E-state index contributed by atoms with van der Waals surface area (Å²) in [6.45, 7) is 8.37. The Morgan fingerprint density at radius 3 is 2.36 bits per heavy atom. The molecule has 1 aromatic heterocycles. The molecule has 2 aromatic carbocycles. The smallest absolute Gasteiger partial charge is 0.120 e. The van der Waals surface area contributed by atoms with Crippen molar-refractivity contribution in [1.29, 1.82) is 0 Å². The van der Waals surface area contributed by atoms with Crippen LogP contribution in [0.2, 0.25) is 0 Å². The summed E-state index contributed by atoms with van der Waals surface area (Å²) in [7, 11) is 3.38. The monoisotopic (exact) mass is 428 g/mol. The summed E-state index contributed by atoms with van der Waals surface area (Å²) < 4.78 is 0.914. The highest BCUT2D eigenvalue weighted by molar-refractivity contribution is 7.80. The lowest BCUT2D eigenvalue weighted by Gasteiger charge is -2.34. The zero-order valence-electron chi connectivity index (χ0n) is 15.9. The van der Waals surface area contributed by atoms with Crippen LogP contribution in [0.3, 0.4) is 0 Å². The fourth-order valence-electron chi connectivity index (χ4n) is 3.66. The van der Waals surface area contributed by atoms with Crippen molar-refractivity contribution in [3.8, 4) is 27.3 Å². The van der Waals surface area contributed by atoms with Crippen LogP contribution in [0.15, 0.2) is 48.5 Å². The zero-order chi connectivity index (χ0) is 19.5. The van der Waals surface area contributed by atoms with Crippen molar-refractivity contribution in [2.24, 2.45) is 0 Å². The Morgan fingerprint density at radius 2 is 1.64 bits per heavy atom. The van der Waals surface area contributed by atoms with Crippen LogP contribution in [-0.2, 0) is 6.54 Å². The first-order valence-corrected chi connectivity index (χ1v) is 12.2. The second-order valence-electron chi connectivity index (χ2n) is 7.08. The van der Waals surface area contributed by atoms with Crippen LogP contribution in [0.1, 0.15) is 12.5 Å². The van der Waals surface area contributed by atoms with E-state index in [9.17, 15) is 5.11 Å². The number of likely N-dealkylation sites (N-methyl/N-ethyl adjacent to an activating group) is 1. The normalized spacial score (nSPS) is 15.8. The Balaban J connectivity index is 1.63. The first kappa shape index (κ1) is 19.7. The van der Waals surface area contributed by atoms with Crippen molar-refractivity contribution in [2.75, 3.05) is 32.7 Å². The summed E-state index contributed by atoms with van der Waals surface area (Å²) in [5.41, 5.74) is 4.39. The van der Waals surface area contributed by atoms with E-state index in [1.54, 1.807) is 20.7 Å². The number of phenolic OH excluding ortho intramolecular Hbond substituents is 1. The average Bonchev–Trinajstić information content (AvgIpc) is 3.12. The molecule has 1 aliphatic rings. The van der Waals surface area contributed by atoms with Crippen molar-refractivity contribution < 1.29 is 5.11 Å². The molecule has 3 aromatic rings. The summed E-state index contributed by atoms with van der Waals surface area (Å²) in [5.74, 6) is 0.368. The SMILES string of the molecule is CCN1CCN(Cc2cc(-c3c(-c4ccccc4)ssc3=S)ccc2O)CC1. The first-order valence-electron chi connectivity index (χ1n) is 9.61. The Hall–Kier alpha value is -1.57. The Bertz CT molecular complexity index is 989. The summed E-state index contributed by atoms with van der Waals surface area (Å²) in [5, 5.41) is 10.5. The van der Waals surface area contributed by atoms with E-state index < -0.39 is 0 Å². The molecule has 146 valence electrons. The van der Waals surface area contributed by atoms with E-state index in [0.29, 0.717) is 5.75 Å². The molecule has 0 atom stereocenters. The number of phenols is 1. The molecular weight excluding hydrogens is 404 g/mol. The number of aromatic hydroxyl groups is 1. The van der Waals surface area contributed by atoms with E-state index in [0.717, 1.165) is 59.8 Å². The number of hydrogen-bond donors (Lipinski definition) is 1. The van der Waals surface area contributed by atoms with Crippen LogP contribution in [0.25, 0.3) is 21.6 Å². The van der Waals surface area contributed by atoms with Gasteiger partial charge in [0.05, 0.1) is 4.88 Å². The molecule has 1 fully saturated rings. The van der Waals surface area contributed by atoms with Gasteiger partial charge in [0.2, 0.25) is 0 Å². The van der Waals surface area contributed by atoms with Crippen LogP contribution >= 0.6 is 32.9 Å². The first-order chi connectivity index (χ1) is 13.7. The van der Waals surface area contributed by atoms with Gasteiger partial charge < -0.3 is 10.0 Å². The highest BCUT2D eigenvalue weighted by atomic mass is 32.9. The number of rotatable bonds is 5. The third kappa shape index (κ3) is 4.21. The fraction of sp³-hybridized carbons (Fsp3) is 0.318. The van der Waals surface area contributed by atoms with Gasteiger partial charge in [0.25, 0.3) is 0 Å². The summed E-state index contributed by atoms with van der Waals surface area (Å²) in [4.78, 5) is 6.10. The minimum absolute atomic E-state index is 0.368. The van der Waals surface area contributed by atoms with Crippen molar-refractivity contribution in [2.45, 2.75) is 13.5 Å². The lowest BCUT2D eigenvalue weighted by Crippen LogP contribution is -2.45. The number of hydrogen-bond acceptors (Lipinski definition) is 6. The molecule has 1 N–H and O–H groups in total. The highest BCUT2D eigenvalue weighted by Crippen LogP contribution is 2.42. The van der Waals surface area contributed by atoms with Gasteiger partial charge in [-0.05, 0) is 29.8 Å². The molecule has 0 aliphatic carbocycles. The summed E-state index contributed by atoms with van der Waals surface area (Å²) >= 11 is 5.67. The Labute approximate surface area is 178 Å². The van der Waals surface area contributed by atoms with Gasteiger partial charge in [-0.3, -0.25) is 4.90 Å². The summed E-state index contributed by atoms with van der Waals surface area (Å²) in [6, 6.07) is 16.3. The van der Waals surface area contributed by atoms with Gasteiger partial charge in [0.15, 0.2) is 0 Å². The molecule has 0 saturated carbocycles. The molecule has 4 rings (SSSR count). The van der Waals surface area contributed by atoms with Gasteiger partial charge in [-0.15, -0.1) is 0 Å². The molecule has 0 bridgehead atoms. The second-order valence-corrected chi connectivity index (χ2v) is 9.89. The van der Waals surface area contributed by atoms with E-state index in [-0.39, 0.29) is 0 Å². The van der Waals surface area contributed by atoms with Crippen LogP contribution in [0.5, 0.6) is 5.75 Å². The van der Waals surface area contributed by atoms with Gasteiger partial charge >= 0.3 is 0 Å². The van der Waals surface area contributed by atoms with Crippen LogP contribution in [-0.4, -0.2) is 47.6 Å². The molecule has 1 aliphatic heterocycles. The predicted molar refractivity (Wildman–Crippen MR) is 123 cm³/mol. The third-order valence-electron chi connectivity index (χ3n) is 5.34. The number of benzene rings is 2. The molecule has 2 heterocycles. The van der Waals surface area contributed by atoms with Gasteiger partial charge in [-0.2, -0.15) is 0 Å². The minimum atomic E-state index is 0.368. The lowest BCUT2D eigenvalue weighted by atomic mass is 10.0. The topological polar surface area (TPSA) is 26.7 Å². The third-order valence-corrected chi connectivity index (χ3v) is 8.41. The lowest BCUT2D eigenvalue weighted by molar-refractivity contribution is 0.131. The molecule has 0 amide bonds. The Kier molecular flexibility index (Phi) is 6.23. The van der Waals surface area contributed by atoms with Crippen LogP contribution < -0.4 is 0 Å². The second kappa shape index (κ2) is 8.84. The molecule has 1 saturated heterocycles. The Morgan fingerprint density at radius 1 is 0.929 bits per heavy atom. The van der Waals surface area contributed by atoms with E-state index in [2.05, 4.69) is 47.1 Å². The van der Waals surface area contributed by atoms with Crippen molar-refractivity contribution in [3.63, 3.8) is 0 Å². The van der Waals surface area contributed by atoms with Crippen molar-refractivity contribution >= 4 is 32.9 Å². The van der Waals surface area contributed by atoms with Gasteiger partial charge in [-0.1, -0.05) is 76.2 Å². The molecule has 6 heteroatoms. The summed E-state index contributed by atoms with van der Waals surface area (Å²) in [6.07, 6.45) is 0. The van der Waals surface area contributed by atoms with Gasteiger partial charge in [-0.25, -0.2) is 0 Å². The van der Waals surface area contributed by atoms with Crippen molar-refractivity contribution in [1.82, 2.24) is 9.80 Å². The van der Waals surface area contributed by atoms with Gasteiger partial charge in [0.1, 0.15) is 9.57 Å². The van der Waals surface area contributed by atoms with E-state index >= 15 is 0 Å². The predicted octanol–water partition coefficient (Wildman–Crippen LogP) is 5.72. The maximum Gasteiger partial charge on any atom is 0.120 e. The maximum absolute atomic E-state index is 10.5. The molecular formula is C22H24N2OS3. The van der Waals surface area contributed by atoms with Crippen LogP contribution in [0.4, 0.5) is 0 Å². The highest BCUT2D eigenvalue weighted by Gasteiger charge is 2.18. The van der Waals surface area contributed by atoms with Crippen molar-refractivity contribution in [3.05, 3.63) is 57.9 Å². The molecule has 0 radical (unpaired) electrons. The van der Waals surface area contributed by atoms with Gasteiger partial charge in [0, 0.05) is 43.9 Å². The van der Waals surface area contributed by atoms with E-state index in [4.69, 9.17) is 12.2 Å². The van der Waals surface area contributed by atoms with E-state index in [1.807, 2.05) is 18.2 Å². The molecule has 3 nitrogen and oxygen atoms in total. The van der Waals surface area contributed by atoms with E-state index in [1.165, 1.54) is 10.4 Å². The zero-order valence-corrected chi connectivity index (χ0v) is 18.4. The standard InChI is InChI=1S/C22H24N2OS3/c1-2-23-10-12-24(13-11-23)15-18-14-17(8-9-19(18)25)20-21(27-28-22(20)26)16-6-4-3-5-7-16/h3-9,14,25H,2,10-13,15H2,1H3. The largest absolute Gasteiger partial charge is 0.508 e. The van der Waals surface area contributed by atoms with Crippen LogP contribution in [0, 0.1) is 3.82 Å². The molecule has 0 unspecified atom stereocenters. The number of piperazine rings is 1. The average molecular weight is 429 g/mol. The quantitative estimate of drug-likeness (QED) is 0.415. The minimum Gasteiger partial charge on any atom is -0.508 e. The number of nitrogens with zero attached hydrogens (tertiary/aromatic N) is 2. The molecule has 0 spiro atoms.